The summed E-state index contributed by atoms with van der Waals surface area (Å²) in [6, 6.07) is 6.58. The molecule has 0 unspecified atom stereocenters. The van der Waals surface area contributed by atoms with E-state index in [1.807, 2.05) is 0 Å². The minimum Gasteiger partial charge on any atom is -0.383 e. The molecular formula is C21H36N4O. The number of benzene rings is 1. The number of aryl methyl sites for hydroxylation is 2. The van der Waals surface area contributed by atoms with Crippen LogP contribution < -0.4 is 10.6 Å². The third kappa shape index (κ3) is 6.96. The molecule has 0 bridgehead atoms. The summed E-state index contributed by atoms with van der Waals surface area (Å²) in [6.07, 6.45) is 2.49. The molecule has 0 radical (unpaired) electrons. The number of nitrogens with one attached hydrogen (secondary N) is 2. The first-order chi connectivity index (χ1) is 12.6. The second-order valence-electron chi connectivity index (χ2n) is 7.28. The maximum absolute atomic E-state index is 5.18. The van der Waals surface area contributed by atoms with Gasteiger partial charge < -0.3 is 20.3 Å². The average molecular weight is 361 g/mol. The molecule has 0 spiro atoms. The lowest BCUT2D eigenvalue weighted by Crippen LogP contribution is -2.43. The first-order valence-electron chi connectivity index (χ1n) is 9.92. The van der Waals surface area contributed by atoms with Gasteiger partial charge in [-0.15, -0.1) is 0 Å². The Morgan fingerprint density at radius 1 is 1.23 bits per heavy atom. The van der Waals surface area contributed by atoms with Crippen LogP contribution in [0.3, 0.4) is 0 Å². The summed E-state index contributed by atoms with van der Waals surface area (Å²) >= 11 is 0. The number of guanidine groups is 1. The lowest BCUT2D eigenvalue weighted by Gasteiger charge is -2.32. The van der Waals surface area contributed by atoms with Crippen LogP contribution in [0, 0.1) is 19.8 Å². The molecule has 1 aromatic carbocycles. The number of piperidine rings is 1. The van der Waals surface area contributed by atoms with E-state index in [-0.39, 0.29) is 0 Å². The van der Waals surface area contributed by atoms with Crippen molar-refractivity contribution in [2.75, 3.05) is 46.4 Å². The summed E-state index contributed by atoms with van der Waals surface area (Å²) in [7, 11) is 1.77. The number of ether oxygens (including phenoxy) is 1. The Morgan fingerprint density at radius 2 is 2.00 bits per heavy atom. The molecule has 2 N–H and O–H groups in total. The summed E-state index contributed by atoms with van der Waals surface area (Å²) in [5.74, 6) is 1.65. The summed E-state index contributed by atoms with van der Waals surface area (Å²) < 4.78 is 5.18. The van der Waals surface area contributed by atoms with Gasteiger partial charge in [0.25, 0.3) is 0 Å². The van der Waals surface area contributed by atoms with E-state index in [1.54, 1.807) is 7.11 Å². The van der Waals surface area contributed by atoms with Gasteiger partial charge in [-0.2, -0.15) is 0 Å². The highest BCUT2D eigenvalue weighted by Gasteiger charge is 2.18. The SMILES string of the molecule is CCNC(=NCc1ccc(C)cc1C)NCC1CCN(CCOC)CC1. The van der Waals surface area contributed by atoms with E-state index in [2.05, 4.69) is 54.5 Å². The zero-order chi connectivity index (χ0) is 18.8. The molecule has 1 aliphatic heterocycles. The molecule has 0 atom stereocenters. The van der Waals surface area contributed by atoms with Crippen molar-refractivity contribution in [3.8, 4) is 0 Å². The van der Waals surface area contributed by atoms with Crippen molar-refractivity contribution in [2.24, 2.45) is 10.9 Å². The van der Waals surface area contributed by atoms with Gasteiger partial charge in [0.05, 0.1) is 13.2 Å². The van der Waals surface area contributed by atoms with Crippen LogP contribution in [0.15, 0.2) is 23.2 Å². The van der Waals surface area contributed by atoms with Crippen LogP contribution in [0.1, 0.15) is 36.5 Å². The Kier molecular flexibility index (Phi) is 8.92. The number of likely N-dealkylation sites (tertiary alicyclic amines) is 1. The standard InChI is InChI=1S/C21H36N4O/c1-5-22-21(24-16-20-7-6-17(2)14-18(20)3)23-15-19-8-10-25(11-9-19)12-13-26-4/h6-7,14,19H,5,8-13,15-16H2,1-4H3,(H2,22,23,24). The van der Waals surface area contributed by atoms with E-state index in [4.69, 9.17) is 9.73 Å². The molecule has 1 aliphatic rings. The van der Waals surface area contributed by atoms with E-state index in [0.717, 1.165) is 44.7 Å². The molecule has 0 saturated carbocycles. The number of methoxy groups -OCH3 is 1. The zero-order valence-corrected chi connectivity index (χ0v) is 17.0. The highest BCUT2D eigenvalue weighted by Crippen LogP contribution is 2.16. The summed E-state index contributed by atoms with van der Waals surface area (Å²) in [4.78, 5) is 7.28. The fraction of sp³-hybridized carbons (Fsp3) is 0.667. The van der Waals surface area contributed by atoms with Crippen LogP contribution in [-0.4, -0.2) is 57.3 Å². The maximum Gasteiger partial charge on any atom is 0.191 e. The molecule has 1 saturated heterocycles. The lowest BCUT2D eigenvalue weighted by atomic mass is 9.97. The van der Waals surface area contributed by atoms with Crippen molar-refractivity contribution in [1.29, 1.82) is 0 Å². The number of aliphatic imine (C=N–C) groups is 1. The molecule has 2 rings (SSSR count). The maximum atomic E-state index is 5.18. The summed E-state index contributed by atoms with van der Waals surface area (Å²) in [6.45, 7) is 13.2. The molecule has 26 heavy (non-hydrogen) atoms. The van der Waals surface area contributed by atoms with Crippen molar-refractivity contribution in [2.45, 2.75) is 40.2 Å². The summed E-state index contributed by atoms with van der Waals surface area (Å²) in [5.41, 5.74) is 3.91. The highest BCUT2D eigenvalue weighted by molar-refractivity contribution is 5.79. The van der Waals surface area contributed by atoms with Crippen LogP contribution in [0.5, 0.6) is 0 Å². The van der Waals surface area contributed by atoms with Gasteiger partial charge in [-0.05, 0) is 63.7 Å². The average Bonchev–Trinajstić information content (AvgIpc) is 2.64. The minimum absolute atomic E-state index is 0.719. The van der Waals surface area contributed by atoms with E-state index >= 15 is 0 Å². The molecule has 0 aliphatic carbocycles. The van der Waals surface area contributed by atoms with Crippen molar-refractivity contribution in [1.82, 2.24) is 15.5 Å². The Bertz CT molecular complexity index is 565. The normalized spacial score (nSPS) is 16.7. The summed E-state index contributed by atoms with van der Waals surface area (Å²) in [5, 5.41) is 6.92. The predicted molar refractivity (Wildman–Crippen MR) is 110 cm³/mol. The predicted octanol–water partition coefficient (Wildman–Crippen LogP) is 2.72. The Hall–Kier alpha value is -1.59. The molecule has 0 aromatic heterocycles. The zero-order valence-electron chi connectivity index (χ0n) is 17.0. The quantitative estimate of drug-likeness (QED) is 0.553. The van der Waals surface area contributed by atoms with Gasteiger partial charge in [-0.3, -0.25) is 0 Å². The molecule has 5 nitrogen and oxygen atoms in total. The molecule has 5 heteroatoms. The third-order valence-electron chi connectivity index (χ3n) is 5.13. The molecule has 1 heterocycles. The molecule has 146 valence electrons. The second kappa shape index (κ2) is 11.2. The van der Waals surface area contributed by atoms with Gasteiger partial charge in [0.1, 0.15) is 0 Å². The molecule has 1 aromatic rings. The van der Waals surface area contributed by atoms with Gasteiger partial charge in [-0.1, -0.05) is 23.8 Å². The van der Waals surface area contributed by atoms with Crippen LogP contribution in [0.25, 0.3) is 0 Å². The van der Waals surface area contributed by atoms with Crippen molar-refractivity contribution < 1.29 is 4.74 Å². The number of hydrogen-bond donors (Lipinski definition) is 2. The fourth-order valence-corrected chi connectivity index (χ4v) is 3.40. The first-order valence-corrected chi connectivity index (χ1v) is 9.92. The largest absolute Gasteiger partial charge is 0.383 e. The van der Waals surface area contributed by atoms with Crippen molar-refractivity contribution in [3.63, 3.8) is 0 Å². The lowest BCUT2D eigenvalue weighted by molar-refractivity contribution is 0.121. The Balaban J connectivity index is 1.80. The highest BCUT2D eigenvalue weighted by atomic mass is 16.5. The van der Waals surface area contributed by atoms with Gasteiger partial charge in [0.2, 0.25) is 0 Å². The number of nitrogens with zero attached hydrogens (tertiary/aromatic N) is 2. The minimum atomic E-state index is 0.719. The smallest absolute Gasteiger partial charge is 0.191 e. The molecular weight excluding hydrogens is 324 g/mol. The Labute approximate surface area is 159 Å². The second-order valence-corrected chi connectivity index (χ2v) is 7.28. The van der Waals surface area contributed by atoms with Crippen LogP contribution in [0.2, 0.25) is 0 Å². The van der Waals surface area contributed by atoms with Gasteiger partial charge in [-0.25, -0.2) is 4.99 Å². The monoisotopic (exact) mass is 360 g/mol. The van der Waals surface area contributed by atoms with Gasteiger partial charge in [0, 0.05) is 26.7 Å². The number of hydrogen-bond acceptors (Lipinski definition) is 3. The van der Waals surface area contributed by atoms with Crippen molar-refractivity contribution >= 4 is 5.96 Å². The van der Waals surface area contributed by atoms with Gasteiger partial charge in [0.15, 0.2) is 5.96 Å². The first kappa shape index (κ1) is 20.7. The van der Waals surface area contributed by atoms with Crippen molar-refractivity contribution in [3.05, 3.63) is 34.9 Å². The van der Waals surface area contributed by atoms with E-state index in [9.17, 15) is 0 Å². The topological polar surface area (TPSA) is 48.9 Å². The van der Waals surface area contributed by atoms with Crippen LogP contribution >= 0.6 is 0 Å². The van der Waals surface area contributed by atoms with Crippen LogP contribution in [0.4, 0.5) is 0 Å². The Morgan fingerprint density at radius 3 is 2.65 bits per heavy atom. The fourth-order valence-electron chi connectivity index (χ4n) is 3.40. The molecule has 1 fully saturated rings. The van der Waals surface area contributed by atoms with Crippen LogP contribution in [-0.2, 0) is 11.3 Å². The molecule has 0 amide bonds. The van der Waals surface area contributed by atoms with E-state index < -0.39 is 0 Å². The number of rotatable bonds is 8. The van der Waals surface area contributed by atoms with Gasteiger partial charge >= 0.3 is 0 Å². The third-order valence-corrected chi connectivity index (χ3v) is 5.13. The van der Waals surface area contributed by atoms with E-state index in [1.165, 1.54) is 42.6 Å². The van der Waals surface area contributed by atoms with E-state index in [0.29, 0.717) is 0 Å².